The summed E-state index contributed by atoms with van der Waals surface area (Å²) in [6.45, 7) is 0. The lowest BCUT2D eigenvalue weighted by Crippen LogP contribution is -1.77. The third-order valence-corrected chi connectivity index (χ3v) is 2.09. The van der Waals surface area contributed by atoms with Gasteiger partial charge in [0.15, 0.2) is 0 Å². The van der Waals surface area contributed by atoms with Crippen LogP contribution in [0.4, 0.5) is 0 Å². The molecule has 0 radical (unpaired) electrons. The van der Waals surface area contributed by atoms with Gasteiger partial charge in [-0.3, -0.25) is 5.14 Å². The lowest BCUT2D eigenvalue weighted by atomic mass is 10.3. The van der Waals surface area contributed by atoms with Crippen molar-refractivity contribution in [3.63, 3.8) is 0 Å². The molecule has 2 nitrogen and oxygen atoms in total. The highest BCUT2D eigenvalue weighted by atomic mass is 32.2. The lowest BCUT2D eigenvalue weighted by molar-refractivity contribution is 0.615. The van der Waals surface area contributed by atoms with E-state index in [1.54, 1.807) is 6.26 Å². The molecule has 0 aliphatic carbocycles. The van der Waals surface area contributed by atoms with Gasteiger partial charge in [0, 0.05) is 10.3 Å². The van der Waals surface area contributed by atoms with Crippen LogP contribution in [0.5, 0.6) is 0 Å². The Balaban J connectivity index is 2.67. The quantitative estimate of drug-likeness (QED) is 0.659. The summed E-state index contributed by atoms with van der Waals surface area (Å²) < 4.78 is 5.17. The maximum absolute atomic E-state index is 5.40. The zero-order chi connectivity index (χ0) is 7.68. The normalized spacial score (nSPS) is 10.6. The highest BCUT2D eigenvalue weighted by Crippen LogP contribution is 2.20. The maximum atomic E-state index is 5.40. The number of fused-ring (bicyclic) bond motifs is 1. The van der Waals surface area contributed by atoms with Crippen molar-refractivity contribution in [1.29, 1.82) is 0 Å². The lowest BCUT2D eigenvalue weighted by Gasteiger charge is -1.92. The van der Waals surface area contributed by atoms with Gasteiger partial charge in [-0.2, -0.15) is 0 Å². The Bertz CT molecular complexity index is 369. The predicted octanol–water partition coefficient (Wildman–Crippen LogP) is 2.40. The fourth-order valence-corrected chi connectivity index (χ4v) is 1.36. The van der Waals surface area contributed by atoms with E-state index in [1.165, 1.54) is 11.9 Å². The molecular formula is C8H7NOS. The van der Waals surface area contributed by atoms with Crippen LogP contribution in [-0.2, 0) is 0 Å². The Morgan fingerprint density at radius 1 is 1.27 bits per heavy atom. The van der Waals surface area contributed by atoms with Crippen LogP contribution in [-0.4, -0.2) is 0 Å². The molecule has 0 saturated carbocycles. The van der Waals surface area contributed by atoms with Crippen LogP contribution >= 0.6 is 11.9 Å². The first kappa shape index (κ1) is 6.76. The summed E-state index contributed by atoms with van der Waals surface area (Å²) in [5.74, 6) is 0. The molecule has 1 heterocycles. The van der Waals surface area contributed by atoms with Gasteiger partial charge < -0.3 is 4.42 Å². The number of benzene rings is 1. The first-order valence-corrected chi connectivity index (χ1v) is 4.12. The van der Waals surface area contributed by atoms with Crippen LogP contribution < -0.4 is 5.14 Å². The Hall–Kier alpha value is -0.930. The van der Waals surface area contributed by atoms with Crippen molar-refractivity contribution in [3.8, 4) is 0 Å². The van der Waals surface area contributed by atoms with E-state index in [-0.39, 0.29) is 0 Å². The Morgan fingerprint density at radius 2 is 2.18 bits per heavy atom. The topological polar surface area (TPSA) is 39.2 Å². The van der Waals surface area contributed by atoms with Gasteiger partial charge in [-0.25, -0.2) is 0 Å². The first-order valence-electron chi connectivity index (χ1n) is 3.24. The monoisotopic (exact) mass is 165 g/mol. The number of rotatable bonds is 1. The van der Waals surface area contributed by atoms with E-state index in [4.69, 9.17) is 9.56 Å². The van der Waals surface area contributed by atoms with Crippen LogP contribution in [0.25, 0.3) is 11.0 Å². The average molecular weight is 165 g/mol. The summed E-state index contributed by atoms with van der Waals surface area (Å²) in [6, 6.07) is 7.79. The highest BCUT2D eigenvalue weighted by molar-refractivity contribution is 7.97. The molecule has 2 aromatic rings. The van der Waals surface area contributed by atoms with Gasteiger partial charge in [0.2, 0.25) is 0 Å². The maximum Gasteiger partial charge on any atom is 0.133 e. The molecular weight excluding hydrogens is 158 g/mol. The number of hydrogen-bond acceptors (Lipinski definition) is 3. The average Bonchev–Trinajstić information content (AvgIpc) is 2.50. The van der Waals surface area contributed by atoms with Gasteiger partial charge in [0.25, 0.3) is 0 Å². The molecule has 0 spiro atoms. The van der Waals surface area contributed by atoms with Gasteiger partial charge in [-0.05, 0) is 36.2 Å². The van der Waals surface area contributed by atoms with Gasteiger partial charge in [-0.15, -0.1) is 0 Å². The summed E-state index contributed by atoms with van der Waals surface area (Å²) in [5, 5.41) is 6.49. The first-order chi connectivity index (χ1) is 5.40. The summed E-state index contributed by atoms with van der Waals surface area (Å²) in [7, 11) is 0. The molecule has 1 aromatic carbocycles. The second-order valence-corrected chi connectivity index (χ2v) is 2.95. The van der Waals surface area contributed by atoms with Crippen LogP contribution in [0, 0.1) is 0 Å². The SMILES string of the molecule is NSc1ccc2occc2c1. The smallest absolute Gasteiger partial charge is 0.133 e. The van der Waals surface area contributed by atoms with Gasteiger partial charge in [0.05, 0.1) is 6.26 Å². The van der Waals surface area contributed by atoms with Gasteiger partial charge in [-0.1, -0.05) is 0 Å². The summed E-state index contributed by atoms with van der Waals surface area (Å²) >= 11 is 1.25. The van der Waals surface area contributed by atoms with Crippen molar-refractivity contribution >= 4 is 22.9 Å². The van der Waals surface area contributed by atoms with Crippen molar-refractivity contribution in [2.45, 2.75) is 4.90 Å². The van der Waals surface area contributed by atoms with Crippen molar-refractivity contribution in [1.82, 2.24) is 0 Å². The van der Waals surface area contributed by atoms with E-state index in [9.17, 15) is 0 Å². The van der Waals surface area contributed by atoms with E-state index >= 15 is 0 Å². The van der Waals surface area contributed by atoms with Crippen molar-refractivity contribution in [2.24, 2.45) is 5.14 Å². The summed E-state index contributed by atoms with van der Waals surface area (Å²) in [6.07, 6.45) is 1.68. The predicted molar refractivity (Wildman–Crippen MR) is 46.3 cm³/mol. The minimum Gasteiger partial charge on any atom is -0.464 e. The van der Waals surface area contributed by atoms with Crippen molar-refractivity contribution in [3.05, 3.63) is 30.5 Å². The third kappa shape index (κ3) is 1.13. The van der Waals surface area contributed by atoms with Crippen LogP contribution in [0.1, 0.15) is 0 Å². The van der Waals surface area contributed by atoms with Crippen molar-refractivity contribution < 1.29 is 4.42 Å². The molecule has 0 bridgehead atoms. The third-order valence-electron chi connectivity index (χ3n) is 1.56. The Morgan fingerprint density at radius 3 is 3.00 bits per heavy atom. The fraction of sp³-hybridized carbons (Fsp3) is 0. The molecule has 2 N–H and O–H groups in total. The number of furan rings is 1. The zero-order valence-electron chi connectivity index (χ0n) is 5.78. The molecule has 0 aliphatic rings. The standard InChI is InChI=1S/C8H7NOS/c9-11-7-1-2-8-6(5-7)3-4-10-8/h1-5H,9H2. The molecule has 0 atom stereocenters. The molecule has 0 aliphatic heterocycles. The molecule has 3 heteroatoms. The van der Waals surface area contributed by atoms with E-state index < -0.39 is 0 Å². The number of nitrogens with two attached hydrogens (primary N) is 1. The highest BCUT2D eigenvalue weighted by Gasteiger charge is 1.96. The Labute approximate surface area is 68.5 Å². The molecule has 56 valence electrons. The van der Waals surface area contributed by atoms with Crippen LogP contribution in [0.2, 0.25) is 0 Å². The summed E-state index contributed by atoms with van der Waals surface area (Å²) in [4.78, 5) is 1.05. The van der Waals surface area contributed by atoms with E-state index in [0.717, 1.165) is 15.9 Å². The van der Waals surface area contributed by atoms with E-state index in [1.807, 2.05) is 24.3 Å². The minimum atomic E-state index is 0.905. The van der Waals surface area contributed by atoms with Crippen LogP contribution in [0.15, 0.2) is 39.8 Å². The van der Waals surface area contributed by atoms with E-state index in [0.29, 0.717) is 0 Å². The van der Waals surface area contributed by atoms with Gasteiger partial charge in [0.1, 0.15) is 5.58 Å². The molecule has 0 saturated heterocycles. The van der Waals surface area contributed by atoms with Crippen LogP contribution in [0.3, 0.4) is 0 Å². The second kappa shape index (κ2) is 2.60. The summed E-state index contributed by atoms with van der Waals surface area (Å²) in [5.41, 5.74) is 0.905. The van der Waals surface area contributed by atoms with E-state index in [2.05, 4.69) is 0 Å². The molecule has 0 amide bonds. The molecule has 11 heavy (non-hydrogen) atoms. The molecule has 1 aromatic heterocycles. The Kier molecular flexibility index (Phi) is 1.60. The molecule has 0 unspecified atom stereocenters. The molecule has 0 fully saturated rings. The minimum absolute atomic E-state index is 0.905. The van der Waals surface area contributed by atoms with Gasteiger partial charge >= 0.3 is 0 Å². The second-order valence-electron chi connectivity index (χ2n) is 2.24. The zero-order valence-corrected chi connectivity index (χ0v) is 6.60. The van der Waals surface area contributed by atoms with Crippen molar-refractivity contribution in [2.75, 3.05) is 0 Å². The largest absolute Gasteiger partial charge is 0.464 e. The number of hydrogen-bond donors (Lipinski definition) is 1. The fourth-order valence-electron chi connectivity index (χ4n) is 1.02. The molecule has 2 rings (SSSR count).